The van der Waals surface area contributed by atoms with Gasteiger partial charge < -0.3 is 9.88 Å². The van der Waals surface area contributed by atoms with Crippen molar-refractivity contribution in [3.8, 4) is 11.4 Å². The summed E-state index contributed by atoms with van der Waals surface area (Å²) in [6.45, 7) is 0.888. The molecule has 1 aromatic carbocycles. The lowest BCUT2D eigenvalue weighted by atomic mass is 10.1. The number of carbonyl (C=O) groups excluding carboxylic acids is 1. The van der Waals surface area contributed by atoms with Crippen molar-refractivity contribution in [3.05, 3.63) is 65.1 Å². The molecule has 4 rings (SSSR count). The summed E-state index contributed by atoms with van der Waals surface area (Å²) in [5.74, 6) is 1.10. The minimum atomic E-state index is -0.229. The topological polar surface area (TPSA) is 59.8 Å². The molecule has 0 spiro atoms. The smallest absolute Gasteiger partial charge is 0.277 e. The molecular formula is C20H19ClN4O. The highest BCUT2D eigenvalue weighted by Gasteiger charge is 2.24. The van der Waals surface area contributed by atoms with Gasteiger partial charge in [-0.15, -0.1) is 0 Å². The zero-order valence-electron chi connectivity index (χ0n) is 14.3. The largest absolute Gasteiger partial charge is 0.327 e. The van der Waals surface area contributed by atoms with Crippen LogP contribution in [0.4, 0.5) is 5.82 Å². The molecule has 0 radical (unpaired) electrons. The van der Waals surface area contributed by atoms with Gasteiger partial charge in [0.25, 0.3) is 5.91 Å². The van der Waals surface area contributed by atoms with Crippen molar-refractivity contribution in [3.63, 3.8) is 0 Å². The molecule has 6 heteroatoms. The van der Waals surface area contributed by atoms with Gasteiger partial charge in [0.05, 0.1) is 10.7 Å². The molecular weight excluding hydrogens is 348 g/mol. The SMILES string of the molecule is O=C(Nc1ccc(Cl)cn1)c1nc(-c2ccccc2)n2c1CCCCC2. The molecule has 5 nitrogen and oxygen atoms in total. The maximum atomic E-state index is 12.9. The number of carbonyl (C=O) groups is 1. The molecule has 1 amide bonds. The highest BCUT2D eigenvalue weighted by Crippen LogP contribution is 2.27. The number of hydrogen-bond donors (Lipinski definition) is 1. The number of amides is 1. The summed E-state index contributed by atoms with van der Waals surface area (Å²) in [5, 5.41) is 3.37. The summed E-state index contributed by atoms with van der Waals surface area (Å²) < 4.78 is 2.20. The summed E-state index contributed by atoms with van der Waals surface area (Å²) in [6, 6.07) is 13.4. The summed E-state index contributed by atoms with van der Waals surface area (Å²) in [4.78, 5) is 21.7. The van der Waals surface area contributed by atoms with E-state index in [0.29, 0.717) is 16.5 Å². The summed E-state index contributed by atoms with van der Waals surface area (Å²) in [7, 11) is 0. The fourth-order valence-corrected chi connectivity index (χ4v) is 3.45. The lowest BCUT2D eigenvalue weighted by molar-refractivity contribution is 0.102. The Morgan fingerprint density at radius 2 is 1.92 bits per heavy atom. The molecule has 3 heterocycles. The van der Waals surface area contributed by atoms with Crippen molar-refractivity contribution >= 4 is 23.3 Å². The number of nitrogens with one attached hydrogen (secondary N) is 1. The maximum absolute atomic E-state index is 12.9. The first-order chi connectivity index (χ1) is 12.7. The van der Waals surface area contributed by atoms with Crippen LogP contribution in [0.1, 0.15) is 35.4 Å². The minimum Gasteiger partial charge on any atom is -0.327 e. The first-order valence-electron chi connectivity index (χ1n) is 8.80. The average Bonchev–Trinajstić information content (AvgIpc) is 2.86. The number of hydrogen-bond acceptors (Lipinski definition) is 3. The van der Waals surface area contributed by atoms with E-state index in [2.05, 4.69) is 14.9 Å². The molecule has 0 saturated carbocycles. The normalized spacial score (nSPS) is 13.7. The van der Waals surface area contributed by atoms with Crippen molar-refractivity contribution in [1.29, 1.82) is 0 Å². The van der Waals surface area contributed by atoms with Gasteiger partial charge in [-0.25, -0.2) is 9.97 Å². The number of aromatic nitrogens is 3. The van der Waals surface area contributed by atoms with Crippen molar-refractivity contribution in [2.45, 2.75) is 32.2 Å². The third-order valence-corrected chi connectivity index (χ3v) is 4.81. The van der Waals surface area contributed by atoms with Gasteiger partial charge in [0.2, 0.25) is 0 Å². The van der Waals surface area contributed by atoms with Crippen LogP contribution in [0.25, 0.3) is 11.4 Å². The molecule has 26 heavy (non-hydrogen) atoms. The van der Waals surface area contributed by atoms with Crippen LogP contribution in [0.3, 0.4) is 0 Å². The van der Waals surface area contributed by atoms with Crippen LogP contribution in [-0.4, -0.2) is 20.4 Å². The Bertz CT molecular complexity index is 919. The molecule has 2 aromatic heterocycles. The van der Waals surface area contributed by atoms with E-state index in [-0.39, 0.29) is 5.91 Å². The van der Waals surface area contributed by atoms with Gasteiger partial charge in [-0.2, -0.15) is 0 Å². The number of fused-ring (bicyclic) bond motifs is 1. The van der Waals surface area contributed by atoms with Gasteiger partial charge in [-0.3, -0.25) is 4.79 Å². The first kappa shape index (κ1) is 16.8. The lowest BCUT2D eigenvalue weighted by Gasteiger charge is -2.09. The predicted molar refractivity (Wildman–Crippen MR) is 102 cm³/mol. The van der Waals surface area contributed by atoms with E-state index in [4.69, 9.17) is 16.6 Å². The molecule has 0 bridgehead atoms. The summed E-state index contributed by atoms with van der Waals surface area (Å²) in [5.41, 5.74) is 2.52. The van der Waals surface area contributed by atoms with Crippen LogP contribution in [0, 0.1) is 0 Å². The number of nitrogens with zero attached hydrogens (tertiary/aromatic N) is 3. The molecule has 1 aliphatic heterocycles. The van der Waals surface area contributed by atoms with Gasteiger partial charge >= 0.3 is 0 Å². The van der Waals surface area contributed by atoms with Crippen molar-refractivity contribution < 1.29 is 4.79 Å². The van der Waals surface area contributed by atoms with Crippen molar-refractivity contribution in [2.24, 2.45) is 0 Å². The number of imidazole rings is 1. The van der Waals surface area contributed by atoms with Crippen LogP contribution >= 0.6 is 11.6 Å². The Kier molecular flexibility index (Phi) is 4.71. The zero-order valence-corrected chi connectivity index (χ0v) is 15.0. The van der Waals surface area contributed by atoms with Gasteiger partial charge in [0, 0.05) is 18.3 Å². The van der Waals surface area contributed by atoms with Gasteiger partial charge in [0.1, 0.15) is 17.3 Å². The van der Waals surface area contributed by atoms with Crippen LogP contribution < -0.4 is 5.32 Å². The van der Waals surface area contributed by atoms with Gasteiger partial charge in [-0.05, 0) is 31.4 Å². The zero-order chi connectivity index (χ0) is 17.9. The van der Waals surface area contributed by atoms with Gasteiger partial charge in [-0.1, -0.05) is 48.4 Å². The summed E-state index contributed by atoms with van der Waals surface area (Å²) >= 11 is 5.86. The predicted octanol–water partition coefficient (Wildman–Crippen LogP) is 4.58. The number of anilines is 1. The Balaban J connectivity index is 1.72. The second-order valence-electron chi connectivity index (χ2n) is 6.37. The monoisotopic (exact) mass is 366 g/mol. The van der Waals surface area contributed by atoms with E-state index >= 15 is 0 Å². The third-order valence-electron chi connectivity index (χ3n) is 4.58. The number of benzene rings is 1. The summed E-state index contributed by atoms with van der Waals surface area (Å²) in [6.07, 6.45) is 5.70. The Morgan fingerprint density at radius 3 is 2.69 bits per heavy atom. The first-order valence-corrected chi connectivity index (χ1v) is 9.18. The fourth-order valence-electron chi connectivity index (χ4n) is 3.33. The van der Waals surface area contributed by atoms with E-state index in [1.54, 1.807) is 12.1 Å². The quantitative estimate of drug-likeness (QED) is 0.738. The molecule has 1 N–H and O–H groups in total. The maximum Gasteiger partial charge on any atom is 0.277 e. The van der Waals surface area contributed by atoms with Crippen LogP contribution in [0.5, 0.6) is 0 Å². The highest BCUT2D eigenvalue weighted by atomic mass is 35.5. The van der Waals surface area contributed by atoms with E-state index in [1.165, 1.54) is 6.20 Å². The molecule has 3 aromatic rings. The number of rotatable bonds is 3. The van der Waals surface area contributed by atoms with Crippen molar-refractivity contribution in [2.75, 3.05) is 5.32 Å². The second-order valence-corrected chi connectivity index (χ2v) is 6.81. The highest BCUT2D eigenvalue weighted by molar-refractivity contribution is 6.30. The molecule has 0 atom stereocenters. The molecule has 132 valence electrons. The molecule has 0 aliphatic carbocycles. The molecule has 1 aliphatic rings. The fraction of sp³-hybridized carbons (Fsp3) is 0.250. The van der Waals surface area contributed by atoms with E-state index in [0.717, 1.165) is 49.3 Å². The van der Waals surface area contributed by atoms with Crippen LogP contribution in [-0.2, 0) is 13.0 Å². The minimum absolute atomic E-state index is 0.229. The molecule has 0 unspecified atom stereocenters. The molecule has 0 saturated heterocycles. The van der Waals surface area contributed by atoms with Crippen molar-refractivity contribution in [1.82, 2.24) is 14.5 Å². The molecule has 0 fully saturated rings. The van der Waals surface area contributed by atoms with E-state index < -0.39 is 0 Å². The number of halogens is 1. The third kappa shape index (κ3) is 3.35. The standard InChI is InChI=1S/C20H19ClN4O/c21-15-10-11-17(22-13-15)23-20(26)18-16-9-5-2-6-12-25(16)19(24-18)14-7-3-1-4-8-14/h1,3-4,7-8,10-11,13H,2,5-6,9,12H2,(H,22,23,26). The van der Waals surface area contributed by atoms with E-state index in [9.17, 15) is 4.79 Å². The average molecular weight is 367 g/mol. The lowest BCUT2D eigenvalue weighted by Crippen LogP contribution is -2.16. The Morgan fingerprint density at radius 1 is 1.08 bits per heavy atom. The van der Waals surface area contributed by atoms with Crippen LogP contribution in [0.15, 0.2) is 48.7 Å². The second kappa shape index (κ2) is 7.30. The van der Waals surface area contributed by atoms with Gasteiger partial charge in [0.15, 0.2) is 0 Å². The Labute approximate surface area is 157 Å². The van der Waals surface area contributed by atoms with E-state index in [1.807, 2.05) is 30.3 Å². The van der Waals surface area contributed by atoms with Crippen LogP contribution in [0.2, 0.25) is 5.02 Å². The Hall–Kier alpha value is -2.66. The number of pyridine rings is 1.